The first-order valence-electron chi connectivity index (χ1n) is 12.0. The molecule has 0 unspecified atom stereocenters. The zero-order chi connectivity index (χ0) is 21.0. The van der Waals surface area contributed by atoms with Gasteiger partial charge in [-0.3, -0.25) is 4.99 Å². The summed E-state index contributed by atoms with van der Waals surface area (Å²) < 4.78 is 2.41. The van der Waals surface area contributed by atoms with Crippen LogP contribution in [0, 0.1) is 0 Å². The normalized spacial score (nSPS) is 19.2. The molecule has 1 saturated carbocycles. The van der Waals surface area contributed by atoms with Crippen LogP contribution in [0.3, 0.4) is 0 Å². The summed E-state index contributed by atoms with van der Waals surface area (Å²) in [5, 5.41) is 16.9. The second-order valence-electron chi connectivity index (χ2n) is 8.55. The molecule has 1 aliphatic carbocycles. The molecule has 0 amide bonds. The van der Waals surface area contributed by atoms with Crippen LogP contribution in [0.5, 0.6) is 0 Å². The molecular weight excluding hydrogens is 394 g/mol. The predicted molar refractivity (Wildman–Crippen MR) is 127 cm³/mol. The standard InChI is InChI=1S/C22H41N7S/c1-23-21(25-15-10-18-28-16-7-3-4-8-17-28)24-14-9-13-20-26-27-22(30-2)29(20)19-11-5-6-12-19/h19H,3-18H2,1-2H3,(H2,23,24,25). The summed E-state index contributed by atoms with van der Waals surface area (Å²) in [6, 6.07) is 0.601. The average molecular weight is 436 g/mol. The Labute approximate surface area is 186 Å². The van der Waals surface area contributed by atoms with Crippen LogP contribution in [0.1, 0.15) is 76.1 Å². The second kappa shape index (κ2) is 13.2. The number of nitrogens with zero attached hydrogens (tertiary/aromatic N) is 5. The highest BCUT2D eigenvalue weighted by Crippen LogP contribution is 2.33. The molecule has 1 aromatic rings. The first kappa shape index (κ1) is 23.4. The van der Waals surface area contributed by atoms with Gasteiger partial charge in [0.05, 0.1) is 0 Å². The fourth-order valence-corrected chi connectivity index (χ4v) is 5.26. The molecule has 1 aromatic heterocycles. The molecule has 8 heteroatoms. The smallest absolute Gasteiger partial charge is 0.191 e. The molecule has 0 atom stereocenters. The third-order valence-corrected chi connectivity index (χ3v) is 6.99. The number of aliphatic imine (C=N–C) groups is 1. The summed E-state index contributed by atoms with van der Waals surface area (Å²) in [6.45, 7) is 5.62. The summed E-state index contributed by atoms with van der Waals surface area (Å²) in [4.78, 5) is 6.99. The van der Waals surface area contributed by atoms with E-state index in [1.165, 1.54) is 77.4 Å². The number of hydrogen-bond donors (Lipinski definition) is 2. The number of nitrogens with one attached hydrogen (secondary N) is 2. The second-order valence-corrected chi connectivity index (χ2v) is 9.32. The van der Waals surface area contributed by atoms with Crippen molar-refractivity contribution in [2.45, 2.75) is 81.8 Å². The molecule has 2 N–H and O–H groups in total. The lowest BCUT2D eigenvalue weighted by Crippen LogP contribution is -2.39. The summed E-state index contributed by atoms with van der Waals surface area (Å²) in [5.41, 5.74) is 0. The molecule has 3 rings (SSSR count). The molecule has 1 saturated heterocycles. The average Bonchev–Trinajstić information content (AvgIpc) is 3.36. The molecule has 2 aliphatic rings. The van der Waals surface area contributed by atoms with Crippen molar-refractivity contribution >= 4 is 17.7 Å². The van der Waals surface area contributed by atoms with Crippen LogP contribution < -0.4 is 10.6 Å². The first-order valence-corrected chi connectivity index (χ1v) is 13.2. The maximum Gasteiger partial charge on any atom is 0.191 e. The number of likely N-dealkylation sites (tertiary alicyclic amines) is 1. The van der Waals surface area contributed by atoms with Crippen molar-refractivity contribution in [3.8, 4) is 0 Å². The SMILES string of the molecule is CN=C(NCCCc1nnc(SC)n1C1CCCC1)NCCCN1CCCCCC1. The molecule has 0 bridgehead atoms. The zero-order valence-electron chi connectivity index (χ0n) is 19.0. The lowest BCUT2D eigenvalue weighted by molar-refractivity contribution is 0.282. The quantitative estimate of drug-likeness (QED) is 0.254. The van der Waals surface area contributed by atoms with Crippen LogP contribution in [-0.2, 0) is 6.42 Å². The number of thioether (sulfide) groups is 1. The Morgan fingerprint density at radius 1 is 1.00 bits per heavy atom. The van der Waals surface area contributed by atoms with Gasteiger partial charge in [0, 0.05) is 32.6 Å². The molecule has 2 heterocycles. The predicted octanol–water partition coefficient (Wildman–Crippen LogP) is 3.48. The zero-order valence-corrected chi connectivity index (χ0v) is 19.9. The minimum Gasteiger partial charge on any atom is -0.356 e. The van der Waals surface area contributed by atoms with E-state index in [0.717, 1.165) is 42.9 Å². The Hall–Kier alpha value is -1.28. The summed E-state index contributed by atoms with van der Waals surface area (Å²) in [7, 11) is 1.85. The van der Waals surface area contributed by atoms with Gasteiger partial charge in [-0.15, -0.1) is 10.2 Å². The van der Waals surface area contributed by atoms with Crippen molar-refractivity contribution in [1.82, 2.24) is 30.3 Å². The Bertz CT molecular complexity index is 631. The van der Waals surface area contributed by atoms with Crippen molar-refractivity contribution < 1.29 is 0 Å². The Morgan fingerprint density at radius 2 is 1.70 bits per heavy atom. The van der Waals surface area contributed by atoms with E-state index < -0.39 is 0 Å². The largest absolute Gasteiger partial charge is 0.356 e. The minimum absolute atomic E-state index is 0.601. The summed E-state index contributed by atoms with van der Waals surface area (Å²) in [5.74, 6) is 2.06. The highest BCUT2D eigenvalue weighted by atomic mass is 32.2. The Morgan fingerprint density at radius 3 is 2.37 bits per heavy atom. The van der Waals surface area contributed by atoms with Crippen molar-refractivity contribution in [1.29, 1.82) is 0 Å². The van der Waals surface area contributed by atoms with Gasteiger partial charge >= 0.3 is 0 Å². The van der Waals surface area contributed by atoms with E-state index in [-0.39, 0.29) is 0 Å². The van der Waals surface area contributed by atoms with E-state index in [9.17, 15) is 0 Å². The molecule has 170 valence electrons. The lowest BCUT2D eigenvalue weighted by atomic mass is 10.2. The lowest BCUT2D eigenvalue weighted by Gasteiger charge is -2.20. The fourth-order valence-electron chi connectivity index (χ4n) is 4.69. The van der Waals surface area contributed by atoms with Crippen LogP contribution in [0.2, 0.25) is 0 Å². The van der Waals surface area contributed by atoms with Crippen molar-refractivity contribution in [3.63, 3.8) is 0 Å². The fraction of sp³-hybridized carbons (Fsp3) is 0.864. The van der Waals surface area contributed by atoms with E-state index in [0.29, 0.717) is 6.04 Å². The summed E-state index contributed by atoms with van der Waals surface area (Å²) in [6.07, 6.45) is 16.0. The van der Waals surface area contributed by atoms with Gasteiger partial charge in [-0.1, -0.05) is 37.4 Å². The topological polar surface area (TPSA) is 70.4 Å². The van der Waals surface area contributed by atoms with E-state index in [4.69, 9.17) is 0 Å². The van der Waals surface area contributed by atoms with E-state index in [1.54, 1.807) is 11.8 Å². The molecule has 7 nitrogen and oxygen atoms in total. The first-order chi connectivity index (χ1) is 14.8. The van der Waals surface area contributed by atoms with Crippen LogP contribution >= 0.6 is 11.8 Å². The number of rotatable bonds is 10. The molecule has 2 fully saturated rings. The van der Waals surface area contributed by atoms with Gasteiger partial charge in [0.15, 0.2) is 11.1 Å². The number of aryl methyl sites for hydroxylation is 1. The highest BCUT2D eigenvalue weighted by Gasteiger charge is 2.23. The maximum absolute atomic E-state index is 4.49. The number of aromatic nitrogens is 3. The Balaban J connectivity index is 1.33. The van der Waals surface area contributed by atoms with Gasteiger partial charge in [-0.2, -0.15) is 0 Å². The molecular formula is C22H41N7S. The van der Waals surface area contributed by atoms with Gasteiger partial charge in [0.1, 0.15) is 5.82 Å². The highest BCUT2D eigenvalue weighted by molar-refractivity contribution is 7.98. The molecule has 30 heavy (non-hydrogen) atoms. The van der Waals surface area contributed by atoms with E-state index in [1.807, 2.05) is 7.05 Å². The van der Waals surface area contributed by atoms with Gasteiger partial charge in [0.25, 0.3) is 0 Å². The van der Waals surface area contributed by atoms with E-state index >= 15 is 0 Å². The van der Waals surface area contributed by atoms with Gasteiger partial charge in [-0.25, -0.2) is 0 Å². The third kappa shape index (κ3) is 7.15. The van der Waals surface area contributed by atoms with Crippen LogP contribution in [0.15, 0.2) is 10.1 Å². The van der Waals surface area contributed by atoms with Gasteiger partial charge < -0.3 is 20.1 Å². The van der Waals surface area contributed by atoms with Crippen LogP contribution in [0.4, 0.5) is 0 Å². The molecule has 1 aliphatic heterocycles. The minimum atomic E-state index is 0.601. The van der Waals surface area contributed by atoms with Crippen LogP contribution in [0.25, 0.3) is 0 Å². The monoisotopic (exact) mass is 435 g/mol. The van der Waals surface area contributed by atoms with Crippen molar-refractivity contribution in [3.05, 3.63) is 5.82 Å². The number of hydrogen-bond acceptors (Lipinski definition) is 5. The number of guanidine groups is 1. The van der Waals surface area contributed by atoms with Crippen molar-refractivity contribution in [2.75, 3.05) is 46.0 Å². The van der Waals surface area contributed by atoms with Crippen molar-refractivity contribution in [2.24, 2.45) is 4.99 Å². The molecule has 0 aromatic carbocycles. The molecule has 0 radical (unpaired) electrons. The summed E-state index contributed by atoms with van der Waals surface area (Å²) >= 11 is 1.71. The third-order valence-electron chi connectivity index (χ3n) is 6.34. The van der Waals surface area contributed by atoms with E-state index in [2.05, 4.69) is 41.5 Å². The Kier molecular flexibility index (Phi) is 10.3. The maximum atomic E-state index is 4.49. The van der Waals surface area contributed by atoms with Gasteiger partial charge in [0.2, 0.25) is 0 Å². The van der Waals surface area contributed by atoms with Gasteiger partial charge in [-0.05, 0) is 64.4 Å². The van der Waals surface area contributed by atoms with Crippen LogP contribution in [-0.4, -0.2) is 71.7 Å². The molecule has 0 spiro atoms.